The van der Waals surface area contributed by atoms with Crippen LogP contribution in [0.15, 0.2) is 28.4 Å². The lowest BCUT2D eigenvalue weighted by Gasteiger charge is -2.05. The minimum Gasteiger partial charge on any atom is -0.472 e. The van der Waals surface area contributed by atoms with E-state index in [-0.39, 0.29) is 6.04 Å². The first-order chi connectivity index (χ1) is 6.75. The van der Waals surface area contributed by atoms with Gasteiger partial charge in [-0.1, -0.05) is 0 Å². The molecule has 2 N–H and O–H groups in total. The Hall–Kier alpha value is -1.13. The standard InChI is InChI=1S/C10H12N2OS/c1-7-12-10(6-14-7)9(11)4-8-2-3-13-5-8/h2-3,5-6,9H,4,11H2,1H3. The number of hydrogen-bond donors (Lipinski definition) is 1. The van der Waals surface area contributed by atoms with E-state index in [1.54, 1.807) is 23.9 Å². The monoisotopic (exact) mass is 208 g/mol. The Morgan fingerprint density at radius 3 is 3.07 bits per heavy atom. The zero-order valence-corrected chi connectivity index (χ0v) is 8.75. The van der Waals surface area contributed by atoms with Gasteiger partial charge in [-0.05, 0) is 25.0 Å². The predicted octanol–water partition coefficient (Wildman–Crippen LogP) is 2.29. The van der Waals surface area contributed by atoms with Gasteiger partial charge in [0.1, 0.15) is 0 Å². The van der Waals surface area contributed by atoms with Crippen molar-refractivity contribution in [3.8, 4) is 0 Å². The van der Waals surface area contributed by atoms with E-state index in [9.17, 15) is 0 Å². The van der Waals surface area contributed by atoms with Crippen LogP contribution in [-0.2, 0) is 6.42 Å². The minimum atomic E-state index is -0.0300. The molecule has 0 aromatic carbocycles. The lowest BCUT2D eigenvalue weighted by molar-refractivity contribution is 0.560. The highest BCUT2D eigenvalue weighted by Crippen LogP contribution is 2.18. The molecule has 0 amide bonds. The van der Waals surface area contributed by atoms with Crippen LogP contribution >= 0.6 is 11.3 Å². The van der Waals surface area contributed by atoms with Crippen LogP contribution in [0.5, 0.6) is 0 Å². The lowest BCUT2D eigenvalue weighted by Crippen LogP contribution is -2.13. The van der Waals surface area contributed by atoms with Gasteiger partial charge in [-0.15, -0.1) is 11.3 Å². The van der Waals surface area contributed by atoms with Crippen LogP contribution in [0, 0.1) is 6.92 Å². The first-order valence-corrected chi connectivity index (χ1v) is 5.32. The number of nitrogens with two attached hydrogens (primary N) is 1. The molecule has 1 unspecified atom stereocenters. The van der Waals surface area contributed by atoms with Gasteiger partial charge in [0.05, 0.1) is 29.3 Å². The summed E-state index contributed by atoms with van der Waals surface area (Å²) in [7, 11) is 0. The van der Waals surface area contributed by atoms with Crippen LogP contribution in [-0.4, -0.2) is 4.98 Å². The van der Waals surface area contributed by atoms with Gasteiger partial charge in [-0.3, -0.25) is 0 Å². The molecular formula is C10H12N2OS. The summed E-state index contributed by atoms with van der Waals surface area (Å²) < 4.78 is 4.98. The first kappa shape index (κ1) is 9.43. The van der Waals surface area contributed by atoms with E-state index in [4.69, 9.17) is 10.2 Å². The van der Waals surface area contributed by atoms with Gasteiger partial charge in [-0.2, -0.15) is 0 Å². The topological polar surface area (TPSA) is 52.0 Å². The molecule has 0 aliphatic heterocycles. The number of furan rings is 1. The summed E-state index contributed by atoms with van der Waals surface area (Å²) in [5.41, 5.74) is 8.08. The van der Waals surface area contributed by atoms with Crippen molar-refractivity contribution in [3.05, 3.63) is 40.2 Å². The molecule has 2 rings (SSSR count). The highest BCUT2D eigenvalue weighted by molar-refractivity contribution is 7.09. The fourth-order valence-corrected chi connectivity index (χ4v) is 1.99. The highest BCUT2D eigenvalue weighted by Gasteiger charge is 2.10. The first-order valence-electron chi connectivity index (χ1n) is 4.44. The second kappa shape index (κ2) is 3.94. The molecule has 0 saturated carbocycles. The molecule has 2 aromatic heterocycles. The molecular weight excluding hydrogens is 196 g/mol. The Morgan fingerprint density at radius 1 is 1.64 bits per heavy atom. The molecule has 2 heterocycles. The molecule has 0 spiro atoms. The average Bonchev–Trinajstić information content (AvgIpc) is 2.75. The third kappa shape index (κ3) is 2.02. The molecule has 0 saturated heterocycles. The van der Waals surface area contributed by atoms with E-state index >= 15 is 0 Å². The van der Waals surface area contributed by atoms with Crippen LogP contribution in [0.25, 0.3) is 0 Å². The number of nitrogens with zero attached hydrogens (tertiary/aromatic N) is 1. The largest absolute Gasteiger partial charge is 0.472 e. The van der Waals surface area contributed by atoms with Crippen molar-refractivity contribution in [2.75, 3.05) is 0 Å². The fourth-order valence-electron chi connectivity index (χ4n) is 1.32. The molecule has 4 heteroatoms. The van der Waals surface area contributed by atoms with Gasteiger partial charge >= 0.3 is 0 Å². The molecule has 74 valence electrons. The van der Waals surface area contributed by atoms with Crippen molar-refractivity contribution in [3.63, 3.8) is 0 Å². The van der Waals surface area contributed by atoms with Crippen molar-refractivity contribution in [1.82, 2.24) is 4.98 Å². The zero-order chi connectivity index (χ0) is 9.97. The molecule has 14 heavy (non-hydrogen) atoms. The third-order valence-corrected chi connectivity index (χ3v) is 2.84. The Labute approximate surface area is 86.6 Å². The maximum atomic E-state index is 6.00. The quantitative estimate of drug-likeness (QED) is 0.842. The van der Waals surface area contributed by atoms with E-state index in [0.29, 0.717) is 0 Å². The summed E-state index contributed by atoms with van der Waals surface area (Å²) in [4.78, 5) is 4.35. The summed E-state index contributed by atoms with van der Waals surface area (Å²) in [5, 5.41) is 3.07. The molecule has 1 atom stereocenters. The zero-order valence-electron chi connectivity index (χ0n) is 7.93. The maximum Gasteiger partial charge on any atom is 0.0935 e. The van der Waals surface area contributed by atoms with Crippen molar-refractivity contribution in [2.24, 2.45) is 5.73 Å². The van der Waals surface area contributed by atoms with Gasteiger partial charge in [0, 0.05) is 5.38 Å². The van der Waals surface area contributed by atoms with Crippen LogP contribution < -0.4 is 5.73 Å². The van der Waals surface area contributed by atoms with Crippen LogP contribution in [0.3, 0.4) is 0 Å². The molecule has 0 radical (unpaired) electrons. The number of aromatic nitrogens is 1. The van der Waals surface area contributed by atoms with Crippen molar-refractivity contribution in [2.45, 2.75) is 19.4 Å². The third-order valence-electron chi connectivity index (χ3n) is 2.05. The molecule has 0 aliphatic rings. The SMILES string of the molecule is Cc1nc(C(N)Cc2ccoc2)cs1. The number of hydrogen-bond acceptors (Lipinski definition) is 4. The van der Waals surface area contributed by atoms with Gasteiger partial charge < -0.3 is 10.2 Å². The van der Waals surface area contributed by atoms with Crippen LogP contribution in [0.1, 0.15) is 22.3 Å². The van der Waals surface area contributed by atoms with Crippen LogP contribution in [0.2, 0.25) is 0 Å². The van der Waals surface area contributed by atoms with E-state index in [1.807, 2.05) is 18.4 Å². The lowest BCUT2D eigenvalue weighted by atomic mass is 10.1. The Morgan fingerprint density at radius 2 is 2.50 bits per heavy atom. The number of thiazole rings is 1. The maximum absolute atomic E-state index is 6.00. The van der Waals surface area contributed by atoms with E-state index < -0.39 is 0 Å². The Balaban J connectivity index is 2.06. The van der Waals surface area contributed by atoms with Gasteiger partial charge in [0.2, 0.25) is 0 Å². The highest BCUT2D eigenvalue weighted by atomic mass is 32.1. The van der Waals surface area contributed by atoms with E-state index in [1.165, 1.54) is 0 Å². The number of aryl methyl sites for hydroxylation is 1. The molecule has 0 bridgehead atoms. The van der Waals surface area contributed by atoms with Crippen molar-refractivity contribution >= 4 is 11.3 Å². The molecule has 0 aliphatic carbocycles. The van der Waals surface area contributed by atoms with Crippen molar-refractivity contribution < 1.29 is 4.42 Å². The summed E-state index contributed by atoms with van der Waals surface area (Å²) >= 11 is 1.63. The fraction of sp³-hybridized carbons (Fsp3) is 0.300. The second-order valence-corrected chi connectivity index (χ2v) is 4.30. The second-order valence-electron chi connectivity index (χ2n) is 3.23. The van der Waals surface area contributed by atoms with Gasteiger partial charge in [0.25, 0.3) is 0 Å². The normalized spacial score (nSPS) is 13.0. The summed E-state index contributed by atoms with van der Waals surface area (Å²) in [5.74, 6) is 0. The average molecular weight is 208 g/mol. The van der Waals surface area contributed by atoms with Crippen LogP contribution in [0.4, 0.5) is 0 Å². The van der Waals surface area contributed by atoms with E-state index in [0.717, 1.165) is 22.7 Å². The smallest absolute Gasteiger partial charge is 0.0935 e. The summed E-state index contributed by atoms with van der Waals surface area (Å²) in [6.07, 6.45) is 4.16. The van der Waals surface area contributed by atoms with Gasteiger partial charge in [0.15, 0.2) is 0 Å². The molecule has 2 aromatic rings. The number of rotatable bonds is 3. The Kier molecular flexibility index (Phi) is 2.65. The molecule has 0 fully saturated rings. The van der Waals surface area contributed by atoms with Gasteiger partial charge in [-0.25, -0.2) is 4.98 Å². The summed E-state index contributed by atoms with van der Waals surface area (Å²) in [6.45, 7) is 1.98. The Bertz CT molecular complexity index is 394. The van der Waals surface area contributed by atoms with E-state index in [2.05, 4.69) is 4.98 Å². The predicted molar refractivity (Wildman–Crippen MR) is 56.2 cm³/mol. The summed E-state index contributed by atoms with van der Waals surface area (Å²) in [6, 6.07) is 1.90. The molecule has 3 nitrogen and oxygen atoms in total. The minimum absolute atomic E-state index is 0.0300. The van der Waals surface area contributed by atoms with Crippen molar-refractivity contribution in [1.29, 1.82) is 0 Å².